The third kappa shape index (κ3) is 6.22. The van der Waals surface area contributed by atoms with E-state index in [4.69, 9.17) is 21.2 Å². The molecule has 2 amide bonds. The fourth-order valence-corrected chi connectivity index (χ4v) is 3.08. The lowest BCUT2D eigenvalue weighted by molar-refractivity contribution is -0.127. The van der Waals surface area contributed by atoms with Crippen LogP contribution in [0.1, 0.15) is 32.6 Å². The Balaban J connectivity index is 1.75. The summed E-state index contributed by atoms with van der Waals surface area (Å²) < 4.78 is 5.14. The summed E-state index contributed by atoms with van der Waals surface area (Å²) in [5.74, 6) is 0.178. The van der Waals surface area contributed by atoms with Crippen LogP contribution in [-0.2, 0) is 14.4 Å². The third-order valence-electron chi connectivity index (χ3n) is 4.32. The molecule has 0 bridgehead atoms. The van der Waals surface area contributed by atoms with Gasteiger partial charge in [0.2, 0.25) is 0 Å². The molecule has 0 unspecified atom stereocenters. The third-order valence-corrected chi connectivity index (χ3v) is 4.55. The van der Waals surface area contributed by atoms with Gasteiger partial charge in [-0.25, -0.2) is 0 Å². The first-order valence-electron chi connectivity index (χ1n) is 8.59. The van der Waals surface area contributed by atoms with Crippen LogP contribution >= 0.6 is 11.6 Å². The van der Waals surface area contributed by atoms with Crippen molar-refractivity contribution in [2.75, 3.05) is 19.0 Å². The van der Waals surface area contributed by atoms with E-state index in [9.17, 15) is 9.59 Å². The number of hydrogen-bond donors (Lipinski definition) is 2. The van der Waals surface area contributed by atoms with E-state index in [0.717, 1.165) is 25.5 Å². The van der Waals surface area contributed by atoms with Crippen LogP contribution < -0.4 is 15.4 Å². The van der Waals surface area contributed by atoms with Gasteiger partial charge < -0.3 is 20.2 Å². The minimum Gasteiger partial charge on any atom is -0.495 e. The van der Waals surface area contributed by atoms with Crippen molar-refractivity contribution in [1.82, 2.24) is 5.32 Å². The average Bonchev–Trinajstić information content (AvgIpc) is 2.61. The molecule has 1 saturated carbocycles. The van der Waals surface area contributed by atoms with Crippen LogP contribution in [0.3, 0.4) is 0 Å². The highest BCUT2D eigenvalue weighted by atomic mass is 35.5. The largest absolute Gasteiger partial charge is 0.495 e. The number of amides is 2. The molecule has 1 aliphatic rings. The van der Waals surface area contributed by atoms with E-state index in [1.807, 2.05) is 0 Å². The number of carbonyl (C=O) groups excluding carboxylic acids is 2. The normalized spacial score (nSPS) is 19.8. The van der Waals surface area contributed by atoms with Crippen LogP contribution in [0.15, 0.2) is 23.4 Å². The Hall–Kier alpha value is -2.28. The van der Waals surface area contributed by atoms with Crippen LogP contribution in [0, 0.1) is 5.92 Å². The molecule has 1 aromatic rings. The maximum Gasteiger partial charge on any atom is 0.270 e. The minimum absolute atomic E-state index is 0.183. The fourth-order valence-electron chi connectivity index (χ4n) is 2.90. The maximum atomic E-state index is 11.9. The Morgan fingerprint density at radius 3 is 2.85 bits per heavy atom. The second-order valence-corrected chi connectivity index (χ2v) is 6.71. The van der Waals surface area contributed by atoms with E-state index in [1.54, 1.807) is 18.2 Å². The first-order valence-corrected chi connectivity index (χ1v) is 8.96. The summed E-state index contributed by atoms with van der Waals surface area (Å²) >= 11 is 5.90. The number of halogens is 1. The smallest absolute Gasteiger partial charge is 0.270 e. The van der Waals surface area contributed by atoms with Gasteiger partial charge in [0, 0.05) is 11.1 Å². The van der Waals surface area contributed by atoms with Crippen molar-refractivity contribution in [3.8, 4) is 5.75 Å². The number of nitrogens with one attached hydrogen (secondary N) is 2. The highest BCUT2D eigenvalue weighted by Crippen LogP contribution is 2.27. The molecule has 26 heavy (non-hydrogen) atoms. The van der Waals surface area contributed by atoms with E-state index in [1.165, 1.54) is 13.5 Å². The van der Waals surface area contributed by atoms with Crippen molar-refractivity contribution >= 4 is 35.3 Å². The zero-order valence-electron chi connectivity index (χ0n) is 15.0. The van der Waals surface area contributed by atoms with Gasteiger partial charge in [-0.15, -0.1) is 0 Å². The lowest BCUT2D eigenvalue weighted by atomic mass is 9.86. The standard InChI is InChI=1S/C18H24ClN3O4/c1-12-5-3-4-6-14(12)21-18(24)11-26-20-10-17(23)22-15-9-13(19)7-8-16(15)25-2/h7-10,12,14H,3-6,11H2,1-2H3,(H,21,24)(H,22,23)/b20-10-/t12-,14-/m1/s1. The molecule has 0 aromatic heterocycles. The molecule has 142 valence electrons. The fraction of sp³-hybridized carbons (Fsp3) is 0.500. The molecule has 0 saturated heterocycles. The Morgan fingerprint density at radius 1 is 1.35 bits per heavy atom. The van der Waals surface area contributed by atoms with Crippen molar-refractivity contribution in [3.05, 3.63) is 23.2 Å². The van der Waals surface area contributed by atoms with Gasteiger partial charge >= 0.3 is 0 Å². The molecular weight excluding hydrogens is 358 g/mol. The van der Waals surface area contributed by atoms with Crippen LogP contribution in [0.2, 0.25) is 5.02 Å². The van der Waals surface area contributed by atoms with Crippen LogP contribution in [0.5, 0.6) is 5.75 Å². The molecular formula is C18H24ClN3O4. The molecule has 1 fully saturated rings. The summed E-state index contributed by atoms with van der Waals surface area (Å²) in [6.45, 7) is 1.91. The second kappa shape index (κ2) is 10.0. The number of carbonyl (C=O) groups is 2. The monoisotopic (exact) mass is 381 g/mol. The van der Waals surface area contributed by atoms with Crippen molar-refractivity contribution in [3.63, 3.8) is 0 Å². The van der Waals surface area contributed by atoms with Gasteiger partial charge in [-0.05, 0) is 37.0 Å². The van der Waals surface area contributed by atoms with Gasteiger partial charge in [-0.3, -0.25) is 9.59 Å². The average molecular weight is 382 g/mol. The molecule has 0 aliphatic heterocycles. The lowest BCUT2D eigenvalue weighted by Gasteiger charge is -2.29. The quantitative estimate of drug-likeness (QED) is 0.561. The Labute approximate surface area is 158 Å². The number of benzene rings is 1. The van der Waals surface area contributed by atoms with Crippen molar-refractivity contribution < 1.29 is 19.2 Å². The lowest BCUT2D eigenvalue weighted by Crippen LogP contribution is -2.42. The molecule has 2 atom stereocenters. The molecule has 2 N–H and O–H groups in total. The molecule has 8 heteroatoms. The number of methoxy groups -OCH3 is 1. The topological polar surface area (TPSA) is 89.0 Å². The van der Waals surface area contributed by atoms with Gasteiger partial charge in [0.25, 0.3) is 11.8 Å². The summed E-state index contributed by atoms with van der Waals surface area (Å²) in [5.41, 5.74) is 0.417. The molecule has 1 aliphatic carbocycles. The van der Waals surface area contributed by atoms with Gasteiger partial charge in [0.1, 0.15) is 12.0 Å². The van der Waals surface area contributed by atoms with E-state index >= 15 is 0 Å². The molecule has 0 radical (unpaired) electrons. The second-order valence-electron chi connectivity index (χ2n) is 6.28. The molecule has 1 aromatic carbocycles. The number of anilines is 1. The number of oxime groups is 1. The maximum absolute atomic E-state index is 11.9. The van der Waals surface area contributed by atoms with Gasteiger partial charge in [0.05, 0.1) is 12.8 Å². The van der Waals surface area contributed by atoms with Gasteiger partial charge in [-0.2, -0.15) is 0 Å². The Kier molecular flexibility index (Phi) is 7.72. The van der Waals surface area contributed by atoms with E-state index in [0.29, 0.717) is 22.4 Å². The predicted molar refractivity (Wildman–Crippen MR) is 101 cm³/mol. The predicted octanol–water partition coefficient (Wildman–Crippen LogP) is 2.98. The first kappa shape index (κ1) is 20.0. The summed E-state index contributed by atoms with van der Waals surface area (Å²) in [7, 11) is 1.49. The zero-order valence-corrected chi connectivity index (χ0v) is 15.7. The molecule has 7 nitrogen and oxygen atoms in total. The molecule has 0 heterocycles. The minimum atomic E-state index is -0.521. The summed E-state index contributed by atoms with van der Waals surface area (Å²) in [4.78, 5) is 28.6. The van der Waals surface area contributed by atoms with Crippen LogP contribution in [0.4, 0.5) is 5.69 Å². The summed E-state index contributed by atoms with van der Waals surface area (Å²) in [6, 6.07) is 5.04. The highest BCUT2D eigenvalue weighted by molar-refractivity contribution is 6.33. The van der Waals surface area contributed by atoms with Gasteiger partial charge in [-0.1, -0.05) is 36.5 Å². The number of rotatable bonds is 7. The van der Waals surface area contributed by atoms with E-state index in [2.05, 4.69) is 22.7 Å². The molecule has 2 rings (SSSR count). The summed E-state index contributed by atoms with van der Waals surface area (Å²) in [6.07, 6.45) is 5.40. The number of hydrogen-bond acceptors (Lipinski definition) is 5. The van der Waals surface area contributed by atoms with Crippen molar-refractivity contribution in [2.45, 2.75) is 38.6 Å². The number of ether oxygens (including phenoxy) is 1. The van der Waals surface area contributed by atoms with Crippen molar-refractivity contribution in [2.24, 2.45) is 11.1 Å². The Bertz CT molecular complexity index is 666. The Morgan fingerprint density at radius 2 is 2.12 bits per heavy atom. The summed E-state index contributed by atoms with van der Waals surface area (Å²) in [5, 5.41) is 9.52. The van der Waals surface area contributed by atoms with E-state index in [-0.39, 0.29) is 18.6 Å². The number of nitrogens with zero attached hydrogens (tertiary/aromatic N) is 1. The van der Waals surface area contributed by atoms with Crippen molar-refractivity contribution in [1.29, 1.82) is 0 Å². The van der Waals surface area contributed by atoms with Crippen LogP contribution in [-0.4, -0.2) is 37.8 Å². The zero-order chi connectivity index (χ0) is 18.9. The van der Waals surface area contributed by atoms with E-state index < -0.39 is 5.91 Å². The SMILES string of the molecule is COc1ccc(Cl)cc1NC(=O)/C=N\OCC(=O)N[C@@H]1CCCC[C@H]1C. The highest BCUT2D eigenvalue weighted by Gasteiger charge is 2.22. The van der Waals surface area contributed by atoms with Crippen LogP contribution in [0.25, 0.3) is 0 Å². The molecule has 0 spiro atoms. The first-order chi connectivity index (χ1) is 12.5. The van der Waals surface area contributed by atoms with Gasteiger partial charge in [0.15, 0.2) is 6.61 Å².